The molecule has 274 valence electrons. The molecule has 0 N–H and O–H groups in total. The Morgan fingerprint density at radius 2 is 0.831 bits per heavy atom. The zero-order chi connectivity index (χ0) is 38.9. The molecule has 0 spiro atoms. The molecule has 0 saturated carbocycles. The lowest BCUT2D eigenvalue weighted by atomic mass is 9.95. The van der Waals surface area contributed by atoms with E-state index in [0.29, 0.717) is 0 Å². The lowest BCUT2D eigenvalue weighted by Gasteiger charge is -2.15. The van der Waals surface area contributed by atoms with Crippen molar-refractivity contribution in [2.24, 2.45) is 0 Å². The van der Waals surface area contributed by atoms with Gasteiger partial charge in [-0.3, -0.25) is 0 Å². The van der Waals surface area contributed by atoms with Gasteiger partial charge in [0.25, 0.3) is 0 Å². The third-order valence-corrected chi connectivity index (χ3v) is 12.0. The Bertz CT molecular complexity index is 3510. The molecule has 0 unspecified atom stereocenters. The van der Waals surface area contributed by atoms with Crippen molar-refractivity contribution in [1.82, 2.24) is 14.5 Å². The molecule has 3 heteroatoms. The summed E-state index contributed by atoms with van der Waals surface area (Å²) >= 11 is 0. The number of hydrogen-bond acceptors (Lipinski definition) is 2. The van der Waals surface area contributed by atoms with Crippen LogP contribution in [0, 0.1) is 0 Å². The molecule has 10 aromatic carbocycles. The van der Waals surface area contributed by atoms with E-state index in [1.165, 1.54) is 60.0 Å². The highest BCUT2D eigenvalue weighted by atomic mass is 15.0. The van der Waals surface area contributed by atoms with Crippen LogP contribution in [0.1, 0.15) is 0 Å². The van der Waals surface area contributed by atoms with Gasteiger partial charge < -0.3 is 4.57 Å². The molecular weight excluding hydrogens is 715 g/mol. The second-order valence-corrected chi connectivity index (χ2v) is 15.3. The van der Waals surface area contributed by atoms with E-state index in [9.17, 15) is 0 Å². The fourth-order valence-corrected chi connectivity index (χ4v) is 9.16. The quantitative estimate of drug-likeness (QED) is 0.175. The molecular formula is C56H35N3. The number of nitrogens with zero attached hydrogens (tertiary/aromatic N) is 3. The van der Waals surface area contributed by atoms with E-state index in [2.05, 4.69) is 199 Å². The molecule has 0 aliphatic heterocycles. The van der Waals surface area contributed by atoms with E-state index in [1.54, 1.807) is 0 Å². The van der Waals surface area contributed by atoms with Crippen molar-refractivity contribution < 1.29 is 0 Å². The Morgan fingerprint density at radius 1 is 0.305 bits per heavy atom. The van der Waals surface area contributed by atoms with Gasteiger partial charge in [0, 0.05) is 27.6 Å². The SMILES string of the molecule is c1ccc(-c2cccc(-c3ccc(-c4nc5ccccc5nc4-c4cccc5cc(-n6c7ccc8ccccc8c7c7c8ccccc8ccc76)ccc45)cc3)c2)cc1. The molecule has 0 amide bonds. The van der Waals surface area contributed by atoms with Gasteiger partial charge in [-0.15, -0.1) is 0 Å². The average molecular weight is 750 g/mol. The third kappa shape index (κ3) is 5.44. The molecule has 12 aromatic rings. The first-order valence-corrected chi connectivity index (χ1v) is 20.2. The largest absolute Gasteiger partial charge is 0.309 e. The van der Waals surface area contributed by atoms with Crippen molar-refractivity contribution in [1.29, 1.82) is 0 Å². The van der Waals surface area contributed by atoms with Crippen LogP contribution in [-0.2, 0) is 0 Å². The average Bonchev–Trinajstić information content (AvgIpc) is 3.67. The van der Waals surface area contributed by atoms with Crippen LogP contribution in [0.2, 0.25) is 0 Å². The van der Waals surface area contributed by atoms with Crippen LogP contribution in [-0.4, -0.2) is 14.5 Å². The Morgan fingerprint density at radius 3 is 1.51 bits per heavy atom. The van der Waals surface area contributed by atoms with E-state index in [-0.39, 0.29) is 0 Å². The predicted molar refractivity (Wildman–Crippen MR) is 248 cm³/mol. The summed E-state index contributed by atoms with van der Waals surface area (Å²) in [5.41, 5.74) is 13.8. The van der Waals surface area contributed by atoms with Crippen LogP contribution < -0.4 is 0 Å². The van der Waals surface area contributed by atoms with Crippen molar-refractivity contribution in [3.63, 3.8) is 0 Å². The van der Waals surface area contributed by atoms with Crippen LogP contribution in [0.15, 0.2) is 212 Å². The van der Waals surface area contributed by atoms with Gasteiger partial charge >= 0.3 is 0 Å². The van der Waals surface area contributed by atoms with Crippen LogP contribution in [0.3, 0.4) is 0 Å². The summed E-state index contributed by atoms with van der Waals surface area (Å²) in [5, 5.41) is 9.88. The van der Waals surface area contributed by atoms with Gasteiger partial charge in [0.05, 0.1) is 33.5 Å². The van der Waals surface area contributed by atoms with Crippen LogP contribution in [0.25, 0.3) is 116 Å². The minimum atomic E-state index is 0.867. The van der Waals surface area contributed by atoms with Crippen molar-refractivity contribution in [2.45, 2.75) is 0 Å². The molecule has 2 heterocycles. The maximum absolute atomic E-state index is 5.34. The summed E-state index contributed by atoms with van der Waals surface area (Å²) in [5.74, 6) is 0. The van der Waals surface area contributed by atoms with E-state index in [4.69, 9.17) is 9.97 Å². The zero-order valence-electron chi connectivity index (χ0n) is 32.0. The van der Waals surface area contributed by atoms with E-state index in [0.717, 1.165) is 55.6 Å². The summed E-state index contributed by atoms with van der Waals surface area (Å²) in [6, 6.07) is 76.2. The first-order valence-electron chi connectivity index (χ1n) is 20.2. The zero-order valence-corrected chi connectivity index (χ0v) is 32.0. The second-order valence-electron chi connectivity index (χ2n) is 15.3. The Hall–Kier alpha value is -7.88. The molecule has 0 aliphatic carbocycles. The standard InChI is InChI=1S/C56H35N3/c1-2-12-36(13-3-1)41-16-10-17-42(34-41)37-24-26-40(27-25-37)55-56(58-50-23-9-8-22-49(50)57-55)48-21-11-18-43-35-44(30-31-45(43)48)59-51-32-28-38-14-4-6-19-46(38)53(51)54-47-20-7-5-15-39(47)29-33-52(54)59/h1-35H. The van der Waals surface area contributed by atoms with E-state index in [1.807, 2.05) is 18.2 Å². The van der Waals surface area contributed by atoms with Gasteiger partial charge in [-0.2, -0.15) is 0 Å². The molecule has 12 rings (SSSR count). The van der Waals surface area contributed by atoms with Crippen molar-refractivity contribution in [3.05, 3.63) is 212 Å². The van der Waals surface area contributed by atoms with Gasteiger partial charge in [0.2, 0.25) is 0 Å². The highest BCUT2D eigenvalue weighted by Crippen LogP contribution is 2.42. The number of rotatable bonds is 5. The number of para-hydroxylation sites is 2. The van der Waals surface area contributed by atoms with Crippen LogP contribution in [0.5, 0.6) is 0 Å². The van der Waals surface area contributed by atoms with Gasteiger partial charge in [-0.05, 0) is 97.0 Å². The van der Waals surface area contributed by atoms with Crippen molar-refractivity contribution in [3.8, 4) is 50.5 Å². The lowest BCUT2D eigenvalue weighted by Crippen LogP contribution is -1.97. The van der Waals surface area contributed by atoms with E-state index < -0.39 is 0 Å². The number of benzene rings is 10. The smallest absolute Gasteiger partial charge is 0.0979 e. The predicted octanol–water partition coefficient (Wildman–Crippen LogP) is 14.9. The molecule has 59 heavy (non-hydrogen) atoms. The van der Waals surface area contributed by atoms with Crippen LogP contribution in [0.4, 0.5) is 0 Å². The van der Waals surface area contributed by atoms with Gasteiger partial charge in [-0.1, -0.05) is 170 Å². The maximum atomic E-state index is 5.34. The topological polar surface area (TPSA) is 30.7 Å². The molecule has 0 radical (unpaired) electrons. The summed E-state index contributed by atoms with van der Waals surface area (Å²) in [6.45, 7) is 0. The summed E-state index contributed by atoms with van der Waals surface area (Å²) in [7, 11) is 0. The first kappa shape index (κ1) is 33.3. The van der Waals surface area contributed by atoms with E-state index >= 15 is 0 Å². The highest BCUT2D eigenvalue weighted by Gasteiger charge is 2.20. The molecule has 0 saturated heterocycles. The fraction of sp³-hybridized carbons (Fsp3) is 0. The Balaban J connectivity index is 1.01. The minimum absolute atomic E-state index is 0.867. The molecule has 0 bridgehead atoms. The summed E-state index contributed by atoms with van der Waals surface area (Å²) in [4.78, 5) is 10.6. The monoisotopic (exact) mass is 749 g/mol. The fourth-order valence-electron chi connectivity index (χ4n) is 9.16. The normalized spacial score (nSPS) is 11.7. The number of hydrogen-bond donors (Lipinski definition) is 0. The summed E-state index contributed by atoms with van der Waals surface area (Å²) in [6.07, 6.45) is 0. The van der Waals surface area contributed by atoms with Gasteiger partial charge in [-0.25, -0.2) is 9.97 Å². The Kier molecular flexibility index (Phi) is 7.54. The minimum Gasteiger partial charge on any atom is -0.309 e. The van der Waals surface area contributed by atoms with Crippen molar-refractivity contribution >= 4 is 65.2 Å². The molecule has 2 aromatic heterocycles. The maximum Gasteiger partial charge on any atom is 0.0979 e. The highest BCUT2D eigenvalue weighted by molar-refractivity contribution is 6.28. The molecule has 0 fully saturated rings. The van der Waals surface area contributed by atoms with Crippen molar-refractivity contribution in [2.75, 3.05) is 0 Å². The van der Waals surface area contributed by atoms with Gasteiger partial charge in [0.1, 0.15) is 0 Å². The molecule has 0 aliphatic rings. The van der Waals surface area contributed by atoms with Gasteiger partial charge in [0.15, 0.2) is 0 Å². The number of fused-ring (bicyclic) bond motifs is 9. The first-order chi connectivity index (χ1) is 29.2. The molecule has 3 nitrogen and oxygen atoms in total. The summed E-state index contributed by atoms with van der Waals surface area (Å²) < 4.78 is 2.44. The number of aromatic nitrogens is 3. The second kappa shape index (κ2) is 13.4. The molecule has 0 atom stereocenters. The third-order valence-electron chi connectivity index (χ3n) is 12.0. The lowest BCUT2D eigenvalue weighted by molar-refractivity contribution is 1.19. The van der Waals surface area contributed by atoms with Crippen LogP contribution >= 0.6 is 0 Å². The Labute approximate surface area is 341 Å².